The van der Waals surface area contributed by atoms with Gasteiger partial charge in [0.1, 0.15) is 0 Å². The van der Waals surface area contributed by atoms with Gasteiger partial charge in [-0.05, 0) is 79.8 Å². The number of nitrogens with one attached hydrogen (secondary N) is 2. The predicted molar refractivity (Wildman–Crippen MR) is 120 cm³/mol. The molecule has 0 bridgehead atoms. The van der Waals surface area contributed by atoms with Gasteiger partial charge in [-0.25, -0.2) is 0 Å². The largest absolute Gasteiger partial charge is 0.381 e. The van der Waals surface area contributed by atoms with Crippen molar-refractivity contribution in [3.63, 3.8) is 0 Å². The van der Waals surface area contributed by atoms with Gasteiger partial charge >= 0.3 is 0 Å². The highest BCUT2D eigenvalue weighted by molar-refractivity contribution is 6.05. The van der Waals surface area contributed by atoms with Gasteiger partial charge in [0.15, 0.2) is 0 Å². The van der Waals surface area contributed by atoms with E-state index in [1.54, 1.807) is 24.5 Å². The fourth-order valence-corrected chi connectivity index (χ4v) is 3.08. The standard InChI is InChI=1S/C25H27N3O/c1-16-6-7-21(12-17(16)2)15-27-20(5)23-13-18(3)19(4)14-24(23)28-25(29)22-8-10-26-11-9-22/h6-14,27H,5,15H2,1-4H3,(H,28,29). The number of pyridine rings is 1. The Hall–Kier alpha value is -3.40. The van der Waals surface area contributed by atoms with E-state index in [0.717, 1.165) is 28.1 Å². The molecule has 4 heteroatoms. The van der Waals surface area contributed by atoms with Crippen LogP contribution in [0.2, 0.25) is 0 Å². The van der Waals surface area contributed by atoms with Crippen LogP contribution in [0.15, 0.2) is 61.4 Å². The average molecular weight is 386 g/mol. The molecule has 3 aromatic rings. The van der Waals surface area contributed by atoms with E-state index >= 15 is 0 Å². The number of nitrogens with zero attached hydrogens (tertiary/aromatic N) is 1. The number of hydrogen-bond donors (Lipinski definition) is 2. The Morgan fingerprint density at radius 2 is 1.55 bits per heavy atom. The minimum absolute atomic E-state index is 0.168. The average Bonchev–Trinajstić information content (AvgIpc) is 2.71. The Morgan fingerprint density at radius 3 is 2.24 bits per heavy atom. The topological polar surface area (TPSA) is 54.0 Å². The van der Waals surface area contributed by atoms with Gasteiger partial charge < -0.3 is 10.6 Å². The lowest BCUT2D eigenvalue weighted by molar-refractivity contribution is 0.102. The summed E-state index contributed by atoms with van der Waals surface area (Å²) >= 11 is 0. The normalized spacial score (nSPS) is 10.5. The molecule has 0 spiro atoms. The minimum Gasteiger partial charge on any atom is -0.381 e. The molecule has 0 saturated carbocycles. The minimum atomic E-state index is -0.168. The summed E-state index contributed by atoms with van der Waals surface area (Å²) in [4.78, 5) is 16.6. The third-order valence-electron chi connectivity index (χ3n) is 5.23. The van der Waals surface area contributed by atoms with Crippen LogP contribution in [0.4, 0.5) is 5.69 Å². The van der Waals surface area contributed by atoms with Crippen molar-refractivity contribution in [1.29, 1.82) is 0 Å². The molecule has 2 N–H and O–H groups in total. The van der Waals surface area contributed by atoms with Gasteiger partial charge in [0, 0.05) is 35.8 Å². The van der Waals surface area contributed by atoms with Crippen LogP contribution < -0.4 is 10.6 Å². The van der Waals surface area contributed by atoms with Crippen LogP contribution in [0, 0.1) is 27.7 Å². The van der Waals surface area contributed by atoms with E-state index in [1.165, 1.54) is 16.7 Å². The Bertz CT molecular complexity index is 1060. The number of aryl methyl sites for hydroxylation is 4. The van der Waals surface area contributed by atoms with E-state index in [4.69, 9.17) is 0 Å². The SMILES string of the molecule is C=C(NCc1ccc(C)c(C)c1)c1cc(C)c(C)cc1NC(=O)c1ccncc1. The zero-order valence-electron chi connectivity index (χ0n) is 17.5. The molecule has 2 aromatic carbocycles. The number of carbonyl (C=O) groups excluding carboxylic acids is 1. The second-order valence-electron chi connectivity index (χ2n) is 7.42. The molecule has 4 nitrogen and oxygen atoms in total. The first kappa shape index (κ1) is 20.3. The van der Waals surface area contributed by atoms with Gasteiger partial charge in [0.25, 0.3) is 5.91 Å². The maximum Gasteiger partial charge on any atom is 0.255 e. The summed E-state index contributed by atoms with van der Waals surface area (Å²) in [5.41, 5.74) is 8.98. The number of anilines is 1. The molecule has 0 aliphatic carbocycles. The Kier molecular flexibility index (Phi) is 6.13. The van der Waals surface area contributed by atoms with Crippen LogP contribution in [0.3, 0.4) is 0 Å². The van der Waals surface area contributed by atoms with E-state index in [9.17, 15) is 4.79 Å². The molecule has 3 rings (SSSR count). The number of rotatable bonds is 6. The van der Waals surface area contributed by atoms with E-state index in [1.807, 2.05) is 13.0 Å². The van der Waals surface area contributed by atoms with Gasteiger partial charge in [-0.2, -0.15) is 0 Å². The molecule has 0 aliphatic heterocycles. The fourth-order valence-electron chi connectivity index (χ4n) is 3.08. The number of aromatic nitrogens is 1. The molecule has 1 heterocycles. The quantitative estimate of drug-likeness (QED) is 0.603. The summed E-state index contributed by atoms with van der Waals surface area (Å²) in [6.07, 6.45) is 3.22. The van der Waals surface area contributed by atoms with Crippen LogP contribution >= 0.6 is 0 Å². The zero-order valence-corrected chi connectivity index (χ0v) is 17.5. The highest BCUT2D eigenvalue weighted by atomic mass is 16.1. The Balaban J connectivity index is 1.81. The molecule has 1 aromatic heterocycles. The summed E-state index contributed by atoms with van der Waals surface area (Å²) in [5, 5.41) is 6.43. The van der Waals surface area contributed by atoms with Gasteiger partial charge in [-0.15, -0.1) is 0 Å². The summed E-state index contributed by atoms with van der Waals surface area (Å²) < 4.78 is 0. The molecule has 0 atom stereocenters. The maximum atomic E-state index is 12.6. The van der Waals surface area contributed by atoms with Crippen LogP contribution in [0.5, 0.6) is 0 Å². The third kappa shape index (κ3) is 4.91. The van der Waals surface area contributed by atoms with E-state index in [0.29, 0.717) is 12.1 Å². The van der Waals surface area contributed by atoms with Crippen molar-refractivity contribution in [3.05, 3.63) is 100 Å². The molecule has 0 aliphatic rings. The van der Waals surface area contributed by atoms with Crippen LogP contribution in [-0.2, 0) is 6.54 Å². The van der Waals surface area contributed by atoms with Crippen molar-refractivity contribution in [3.8, 4) is 0 Å². The number of benzene rings is 2. The second-order valence-corrected chi connectivity index (χ2v) is 7.42. The molecular formula is C25H27N3O. The number of carbonyl (C=O) groups is 1. The first-order chi connectivity index (χ1) is 13.8. The molecule has 1 amide bonds. The number of hydrogen-bond acceptors (Lipinski definition) is 3. The summed E-state index contributed by atoms with van der Waals surface area (Å²) in [5.74, 6) is -0.168. The van der Waals surface area contributed by atoms with E-state index in [-0.39, 0.29) is 5.91 Å². The first-order valence-corrected chi connectivity index (χ1v) is 9.67. The van der Waals surface area contributed by atoms with Gasteiger partial charge in [-0.1, -0.05) is 24.8 Å². The van der Waals surface area contributed by atoms with Crippen molar-refractivity contribution in [2.75, 3.05) is 5.32 Å². The Labute approximate surface area is 172 Å². The van der Waals surface area contributed by atoms with Crippen LogP contribution in [0.1, 0.15) is 43.7 Å². The lowest BCUT2D eigenvalue weighted by Gasteiger charge is -2.17. The van der Waals surface area contributed by atoms with Crippen molar-refractivity contribution < 1.29 is 4.79 Å². The smallest absolute Gasteiger partial charge is 0.255 e. The van der Waals surface area contributed by atoms with E-state index < -0.39 is 0 Å². The van der Waals surface area contributed by atoms with Crippen LogP contribution in [-0.4, -0.2) is 10.9 Å². The maximum absolute atomic E-state index is 12.6. The molecule has 0 fully saturated rings. The van der Waals surface area contributed by atoms with Gasteiger partial charge in [0.2, 0.25) is 0 Å². The lowest BCUT2D eigenvalue weighted by atomic mass is 10.0. The third-order valence-corrected chi connectivity index (χ3v) is 5.23. The van der Waals surface area contributed by atoms with Crippen molar-refractivity contribution in [2.45, 2.75) is 34.2 Å². The molecule has 0 saturated heterocycles. The highest BCUT2D eigenvalue weighted by Crippen LogP contribution is 2.26. The van der Waals surface area contributed by atoms with Gasteiger partial charge in [-0.3, -0.25) is 9.78 Å². The molecular weight excluding hydrogens is 358 g/mol. The monoisotopic (exact) mass is 385 g/mol. The van der Waals surface area contributed by atoms with Gasteiger partial charge in [0.05, 0.1) is 5.69 Å². The van der Waals surface area contributed by atoms with Crippen LogP contribution in [0.25, 0.3) is 5.70 Å². The molecule has 0 unspecified atom stereocenters. The second kappa shape index (κ2) is 8.74. The van der Waals surface area contributed by atoms with Crippen molar-refractivity contribution in [2.24, 2.45) is 0 Å². The molecule has 29 heavy (non-hydrogen) atoms. The predicted octanol–water partition coefficient (Wildman–Crippen LogP) is 5.33. The van der Waals surface area contributed by atoms with Crippen molar-refractivity contribution >= 4 is 17.3 Å². The number of amides is 1. The summed E-state index contributed by atoms with van der Waals surface area (Å²) in [6.45, 7) is 13.2. The van der Waals surface area contributed by atoms with E-state index in [2.05, 4.69) is 67.2 Å². The molecule has 148 valence electrons. The first-order valence-electron chi connectivity index (χ1n) is 9.67. The zero-order chi connectivity index (χ0) is 21.0. The Morgan fingerprint density at radius 1 is 0.897 bits per heavy atom. The molecule has 0 radical (unpaired) electrons. The lowest BCUT2D eigenvalue weighted by Crippen LogP contribution is -2.17. The summed E-state index contributed by atoms with van der Waals surface area (Å²) in [6, 6.07) is 13.9. The highest BCUT2D eigenvalue weighted by Gasteiger charge is 2.13. The summed E-state index contributed by atoms with van der Waals surface area (Å²) in [7, 11) is 0. The van der Waals surface area contributed by atoms with Crippen molar-refractivity contribution in [1.82, 2.24) is 10.3 Å². The fraction of sp³-hybridized carbons (Fsp3) is 0.200.